The molecule has 0 saturated heterocycles. The van der Waals surface area contributed by atoms with Gasteiger partial charge in [0, 0.05) is 18.2 Å². The number of ether oxygens (including phenoxy) is 3. The maximum Gasteiger partial charge on any atom is 0.126 e. The van der Waals surface area contributed by atoms with Crippen molar-refractivity contribution < 1.29 is 19.3 Å². The molecule has 0 aliphatic heterocycles. The van der Waals surface area contributed by atoms with E-state index in [4.69, 9.17) is 14.2 Å². The second-order valence-electron chi connectivity index (χ2n) is 4.26. The third kappa shape index (κ3) is 3.27. The molecule has 1 fully saturated rings. The summed E-state index contributed by atoms with van der Waals surface area (Å²) in [4.78, 5) is 0. The Bertz CT molecular complexity index is 351. The summed E-state index contributed by atoms with van der Waals surface area (Å²) in [6.07, 6.45) is 1.84. The van der Waals surface area contributed by atoms with Crippen molar-refractivity contribution in [2.24, 2.45) is 5.92 Å². The van der Waals surface area contributed by atoms with Crippen molar-refractivity contribution in [3.63, 3.8) is 0 Å². The van der Waals surface area contributed by atoms with Gasteiger partial charge in [0.15, 0.2) is 0 Å². The normalized spacial score (nSPS) is 16.4. The summed E-state index contributed by atoms with van der Waals surface area (Å²) < 4.78 is 15.8. The molecule has 4 nitrogen and oxygen atoms in total. The average molecular weight is 238 g/mol. The molecule has 1 aromatic carbocycles. The summed E-state index contributed by atoms with van der Waals surface area (Å²) in [6.45, 7) is 0.320. The third-order valence-electron chi connectivity index (χ3n) is 2.91. The fourth-order valence-corrected chi connectivity index (χ4v) is 1.66. The number of aliphatic hydroxyl groups is 1. The lowest BCUT2D eigenvalue weighted by Gasteiger charge is -2.13. The number of rotatable bonds is 6. The monoisotopic (exact) mass is 238 g/mol. The van der Waals surface area contributed by atoms with E-state index in [-0.39, 0.29) is 6.10 Å². The Balaban J connectivity index is 1.98. The van der Waals surface area contributed by atoms with Crippen molar-refractivity contribution in [2.75, 3.05) is 20.8 Å². The second-order valence-corrected chi connectivity index (χ2v) is 4.26. The quantitative estimate of drug-likeness (QED) is 0.821. The minimum atomic E-state index is -0.368. The van der Waals surface area contributed by atoms with E-state index < -0.39 is 0 Å². The zero-order valence-electron chi connectivity index (χ0n) is 10.2. The molecule has 2 rings (SSSR count). The molecule has 0 amide bonds. The van der Waals surface area contributed by atoms with E-state index in [0.717, 1.165) is 12.8 Å². The predicted octanol–water partition coefficient (Wildman–Crippen LogP) is 1.85. The van der Waals surface area contributed by atoms with Gasteiger partial charge < -0.3 is 19.3 Å². The van der Waals surface area contributed by atoms with Crippen LogP contribution in [0.3, 0.4) is 0 Å². The fraction of sp³-hybridized carbons (Fsp3) is 0.538. The molecule has 0 bridgehead atoms. The lowest BCUT2D eigenvalue weighted by Crippen LogP contribution is -2.19. The first-order chi connectivity index (χ1) is 8.22. The highest BCUT2D eigenvalue weighted by Gasteiger charge is 2.30. The van der Waals surface area contributed by atoms with Gasteiger partial charge in [0.05, 0.1) is 20.3 Å². The summed E-state index contributed by atoms with van der Waals surface area (Å²) >= 11 is 0. The molecular formula is C13H18O4. The maximum atomic E-state index is 9.72. The van der Waals surface area contributed by atoms with Crippen LogP contribution in [0, 0.1) is 5.92 Å². The van der Waals surface area contributed by atoms with Gasteiger partial charge in [0.1, 0.15) is 23.9 Å². The average Bonchev–Trinajstić information content (AvgIpc) is 3.19. The molecule has 1 aliphatic carbocycles. The summed E-state index contributed by atoms with van der Waals surface area (Å²) in [5, 5.41) is 9.72. The molecule has 1 N–H and O–H groups in total. The second kappa shape index (κ2) is 5.27. The van der Waals surface area contributed by atoms with E-state index in [0.29, 0.717) is 29.8 Å². The number of methoxy groups -OCH3 is 2. The molecule has 0 aromatic heterocycles. The predicted molar refractivity (Wildman–Crippen MR) is 63.8 cm³/mol. The van der Waals surface area contributed by atoms with Gasteiger partial charge >= 0.3 is 0 Å². The van der Waals surface area contributed by atoms with Crippen LogP contribution in [0.2, 0.25) is 0 Å². The first kappa shape index (κ1) is 12.0. The molecule has 94 valence electrons. The van der Waals surface area contributed by atoms with Crippen LogP contribution in [0.5, 0.6) is 17.2 Å². The number of hydrogen-bond acceptors (Lipinski definition) is 4. The molecule has 1 aromatic rings. The van der Waals surface area contributed by atoms with E-state index in [1.165, 1.54) is 0 Å². The van der Waals surface area contributed by atoms with Crippen LogP contribution >= 0.6 is 0 Å². The van der Waals surface area contributed by atoms with Crippen molar-refractivity contribution in [1.29, 1.82) is 0 Å². The van der Waals surface area contributed by atoms with Crippen LogP contribution in [0.15, 0.2) is 18.2 Å². The Morgan fingerprint density at radius 2 is 1.65 bits per heavy atom. The minimum Gasteiger partial charge on any atom is -0.496 e. The maximum absolute atomic E-state index is 9.72. The van der Waals surface area contributed by atoms with Gasteiger partial charge in [-0.05, 0) is 18.8 Å². The van der Waals surface area contributed by atoms with Gasteiger partial charge in [0.2, 0.25) is 0 Å². The number of aliphatic hydroxyl groups excluding tert-OH is 1. The van der Waals surface area contributed by atoms with Crippen LogP contribution < -0.4 is 14.2 Å². The standard InChI is InChI=1S/C13H18O4/c1-15-10-5-11(16-2)7-12(6-10)17-8-13(14)9-3-4-9/h5-7,9,13-14H,3-4,8H2,1-2H3. The smallest absolute Gasteiger partial charge is 0.126 e. The third-order valence-corrected chi connectivity index (χ3v) is 2.91. The molecule has 0 radical (unpaired) electrons. The van der Waals surface area contributed by atoms with Gasteiger partial charge in [-0.3, -0.25) is 0 Å². The van der Waals surface area contributed by atoms with Crippen molar-refractivity contribution >= 4 is 0 Å². The van der Waals surface area contributed by atoms with Crippen LogP contribution in [0.1, 0.15) is 12.8 Å². The van der Waals surface area contributed by atoms with Crippen molar-refractivity contribution in [2.45, 2.75) is 18.9 Å². The largest absolute Gasteiger partial charge is 0.496 e. The highest BCUT2D eigenvalue weighted by atomic mass is 16.5. The molecule has 0 spiro atoms. The van der Waals surface area contributed by atoms with Crippen LogP contribution in [-0.4, -0.2) is 32.0 Å². The van der Waals surface area contributed by atoms with Crippen LogP contribution in [0.25, 0.3) is 0 Å². The number of hydrogen-bond donors (Lipinski definition) is 1. The van der Waals surface area contributed by atoms with Gasteiger partial charge in [-0.1, -0.05) is 0 Å². The van der Waals surface area contributed by atoms with Crippen LogP contribution in [0.4, 0.5) is 0 Å². The van der Waals surface area contributed by atoms with E-state index in [2.05, 4.69) is 0 Å². The lowest BCUT2D eigenvalue weighted by molar-refractivity contribution is 0.0892. The van der Waals surface area contributed by atoms with Gasteiger partial charge in [0.25, 0.3) is 0 Å². The minimum absolute atomic E-state index is 0.320. The Hall–Kier alpha value is -1.42. The summed E-state index contributed by atoms with van der Waals surface area (Å²) in [6, 6.07) is 5.34. The summed E-state index contributed by atoms with van der Waals surface area (Å²) in [5.41, 5.74) is 0. The lowest BCUT2D eigenvalue weighted by atomic mass is 10.2. The summed E-state index contributed by atoms with van der Waals surface area (Å²) in [7, 11) is 3.19. The zero-order chi connectivity index (χ0) is 12.3. The highest BCUT2D eigenvalue weighted by molar-refractivity contribution is 5.41. The van der Waals surface area contributed by atoms with Crippen LogP contribution in [-0.2, 0) is 0 Å². The van der Waals surface area contributed by atoms with Crippen molar-refractivity contribution in [3.8, 4) is 17.2 Å². The molecule has 1 aliphatic rings. The molecule has 0 heterocycles. The molecule has 1 atom stereocenters. The highest BCUT2D eigenvalue weighted by Crippen LogP contribution is 2.33. The van der Waals surface area contributed by atoms with Gasteiger partial charge in [-0.25, -0.2) is 0 Å². The van der Waals surface area contributed by atoms with E-state index >= 15 is 0 Å². The molecule has 4 heteroatoms. The van der Waals surface area contributed by atoms with Crippen molar-refractivity contribution in [3.05, 3.63) is 18.2 Å². The molecule has 1 unspecified atom stereocenters. The first-order valence-corrected chi connectivity index (χ1v) is 5.77. The van der Waals surface area contributed by atoms with E-state index in [1.807, 2.05) is 0 Å². The SMILES string of the molecule is COc1cc(OC)cc(OCC(O)C2CC2)c1. The number of benzene rings is 1. The Morgan fingerprint density at radius 3 is 2.12 bits per heavy atom. The topological polar surface area (TPSA) is 47.9 Å². The fourth-order valence-electron chi connectivity index (χ4n) is 1.66. The summed E-state index contributed by atoms with van der Waals surface area (Å²) in [5.74, 6) is 2.43. The first-order valence-electron chi connectivity index (χ1n) is 5.77. The van der Waals surface area contributed by atoms with Gasteiger partial charge in [-0.2, -0.15) is 0 Å². The van der Waals surface area contributed by atoms with E-state index in [1.54, 1.807) is 32.4 Å². The van der Waals surface area contributed by atoms with E-state index in [9.17, 15) is 5.11 Å². The molecule has 1 saturated carbocycles. The van der Waals surface area contributed by atoms with Crippen molar-refractivity contribution in [1.82, 2.24) is 0 Å². The Kier molecular flexibility index (Phi) is 3.74. The molecule has 17 heavy (non-hydrogen) atoms. The van der Waals surface area contributed by atoms with Gasteiger partial charge in [-0.15, -0.1) is 0 Å². The molecular weight excluding hydrogens is 220 g/mol. The Labute approximate surface area is 101 Å². The zero-order valence-corrected chi connectivity index (χ0v) is 10.2. The Morgan fingerprint density at radius 1 is 1.12 bits per heavy atom.